The Balaban J connectivity index is 1.81. The molecule has 11 nitrogen and oxygen atoms in total. The predicted octanol–water partition coefficient (Wildman–Crippen LogP) is 3.04. The van der Waals surface area contributed by atoms with E-state index in [0.29, 0.717) is 5.69 Å². The van der Waals surface area contributed by atoms with Gasteiger partial charge in [0, 0.05) is 22.6 Å². The molecule has 1 aromatic heterocycles. The van der Waals surface area contributed by atoms with Gasteiger partial charge in [0.2, 0.25) is 21.9 Å². The molecule has 0 aliphatic heterocycles. The minimum absolute atomic E-state index is 0.0708. The Bertz CT molecular complexity index is 1480. The van der Waals surface area contributed by atoms with E-state index in [0.717, 1.165) is 10.6 Å². The number of nitrogens with one attached hydrogen (secondary N) is 2. The summed E-state index contributed by atoms with van der Waals surface area (Å²) in [7, 11) is -6.53. The van der Waals surface area contributed by atoms with Gasteiger partial charge in [-0.2, -0.15) is 0 Å². The second-order valence-electron chi connectivity index (χ2n) is 7.69. The van der Waals surface area contributed by atoms with Gasteiger partial charge in [-0.3, -0.25) is 9.10 Å². The van der Waals surface area contributed by atoms with Gasteiger partial charge in [-0.25, -0.2) is 31.5 Å². The molecule has 1 atom stereocenters. The van der Waals surface area contributed by atoms with E-state index in [1.54, 1.807) is 13.0 Å². The minimum atomic E-state index is -3.97. The van der Waals surface area contributed by atoms with Crippen molar-refractivity contribution in [2.75, 3.05) is 27.7 Å². The van der Waals surface area contributed by atoms with E-state index in [1.165, 1.54) is 62.7 Å². The number of carbonyl (C=O) groups excluding carboxylic acids is 1. The first-order valence-corrected chi connectivity index (χ1v) is 14.1. The third-order valence-corrected chi connectivity index (χ3v) is 7.73. The van der Waals surface area contributed by atoms with Crippen molar-refractivity contribution in [3.05, 3.63) is 65.4 Å². The first kappa shape index (κ1) is 27.2. The lowest BCUT2D eigenvalue weighted by Crippen LogP contribution is -2.45. The molecule has 3 aromatic rings. The van der Waals surface area contributed by atoms with Crippen LogP contribution in [-0.4, -0.2) is 52.1 Å². The Morgan fingerprint density at radius 3 is 2.33 bits per heavy atom. The van der Waals surface area contributed by atoms with Crippen LogP contribution in [0.2, 0.25) is 5.02 Å². The highest BCUT2D eigenvalue weighted by Gasteiger charge is 2.31. The zero-order valence-corrected chi connectivity index (χ0v) is 22.1. The zero-order chi connectivity index (χ0) is 26.7. The molecular weight excluding hydrogens is 530 g/mol. The Hall–Kier alpha value is -3.42. The Kier molecular flexibility index (Phi) is 8.06. The van der Waals surface area contributed by atoms with Crippen LogP contribution < -0.4 is 19.1 Å². The second kappa shape index (κ2) is 10.7. The van der Waals surface area contributed by atoms with Crippen molar-refractivity contribution in [2.45, 2.75) is 24.8 Å². The second-order valence-corrected chi connectivity index (χ2v) is 11.7. The van der Waals surface area contributed by atoms with Crippen LogP contribution in [-0.2, 0) is 24.8 Å². The quantitative estimate of drug-likeness (QED) is 0.411. The standard InChI is InChI=1S/C22H24ClN5O6S2/c1-14-11-12-24-22(25-14)27-36(32,33)18-8-6-17(7-9-18)26-21(29)15(2)28(35(4,30)31)19-13-16(23)5-10-20(19)34-3/h5-13,15H,1-4H3,(H,26,29)(H,24,25,27)/t15-/m0/s1. The van der Waals surface area contributed by atoms with Gasteiger partial charge in [0.05, 0.1) is 23.9 Å². The molecule has 0 spiro atoms. The summed E-state index contributed by atoms with van der Waals surface area (Å²) in [6.07, 6.45) is 2.39. The van der Waals surface area contributed by atoms with Gasteiger partial charge in [0.1, 0.15) is 11.8 Å². The Labute approximate surface area is 214 Å². The molecule has 192 valence electrons. The highest BCUT2D eigenvalue weighted by molar-refractivity contribution is 7.92. The highest BCUT2D eigenvalue weighted by Crippen LogP contribution is 2.34. The first-order valence-electron chi connectivity index (χ1n) is 10.4. The van der Waals surface area contributed by atoms with Crippen molar-refractivity contribution in [1.29, 1.82) is 0 Å². The largest absolute Gasteiger partial charge is 0.495 e. The Morgan fingerprint density at radius 1 is 1.08 bits per heavy atom. The number of nitrogens with zero attached hydrogens (tertiary/aromatic N) is 3. The van der Waals surface area contributed by atoms with Crippen LogP contribution >= 0.6 is 11.6 Å². The van der Waals surface area contributed by atoms with E-state index in [2.05, 4.69) is 20.0 Å². The number of aromatic nitrogens is 2. The van der Waals surface area contributed by atoms with E-state index < -0.39 is 32.0 Å². The van der Waals surface area contributed by atoms with E-state index in [-0.39, 0.29) is 33.0 Å². The van der Waals surface area contributed by atoms with Gasteiger partial charge in [0.15, 0.2) is 0 Å². The molecule has 0 bridgehead atoms. The lowest BCUT2D eigenvalue weighted by atomic mass is 10.2. The molecule has 2 aromatic carbocycles. The van der Waals surface area contributed by atoms with Gasteiger partial charge < -0.3 is 10.1 Å². The lowest BCUT2D eigenvalue weighted by molar-refractivity contribution is -0.116. The molecule has 0 radical (unpaired) electrons. The summed E-state index contributed by atoms with van der Waals surface area (Å²) in [6, 6.07) is 10.2. The molecule has 0 fully saturated rings. The molecular formula is C22H24ClN5O6S2. The first-order chi connectivity index (χ1) is 16.8. The molecule has 0 aliphatic carbocycles. The number of benzene rings is 2. The van der Waals surface area contributed by atoms with Crippen LogP contribution in [0.25, 0.3) is 0 Å². The van der Waals surface area contributed by atoms with Crippen LogP contribution in [0, 0.1) is 6.92 Å². The molecule has 1 heterocycles. The van der Waals surface area contributed by atoms with E-state index in [4.69, 9.17) is 16.3 Å². The number of carbonyl (C=O) groups is 1. The fraction of sp³-hybridized carbons (Fsp3) is 0.227. The third-order valence-electron chi connectivity index (χ3n) is 4.92. The van der Waals surface area contributed by atoms with E-state index in [1.807, 2.05) is 0 Å². The molecule has 0 unspecified atom stereocenters. The minimum Gasteiger partial charge on any atom is -0.495 e. The average molecular weight is 554 g/mol. The molecule has 36 heavy (non-hydrogen) atoms. The van der Waals surface area contributed by atoms with Gasteiger partial charge >= 0.3 is 0 Å². The summed E-state index contributed by atoms with van der Waals surface area (Å²) < 4.78 is 58.9. The topological polar surface area (TPSA) is 148 Å². The number of methoxy groups -OCH3 is 1. The number of amides is 1. The SMILES string of the molecule is COc1ccc(Cl)cc1N([C@@H](C)C(=O)Nc1ccc(S(=O)(=O)Nc2nccc(C)n2)cc1)S(C)(=O)=O. The number of halogens is 1. The summed E-state index contributed by atoms with van der Waals surface area (Å²) >= 11 is 6.05. The van der Waals surface area contributed by atoms with Crippen LogP contribution in [0.5, 0.6) is 5.75 Å². The van der Waals surface area contributed by atoms with Crippen molar-refractivity contribution < 1.29 is 26.4 Å². The number of ether oxygens (including phenoxy) is 1. The van der Waals surface area contributed by atoms with Crippen molar-refractivity contribution in [3.8, 4) is 5.75 Å². The molecule has 0 aliphatic rings. The van der Waals surface area contributed by atoms with Gasteiger partial charge in [-0.15, -0.1) is 0 Å². The number of anilines is 3. The molecule has 1 amide bonds. The molecule has 0 saturated carbocycles. The van der Waals surface area contributed by atoms with Crippen LogP contribution in [0.4, 0.5) is 17.3 Å². The Morgan fingerprint density at radius 2 is 1.75 bits per heavy atom. The smallest absolute Gasteiger partial charge is 0.264 e. The molecule has 0 saturated heterocycles. The monoisotopic (exact) mass is 553 g/mol. The van der Waals surface area contributed by atoms with Crippen LogP contribution in [0.1, 0.15) is 12.6 Å². The fourth-order valence-corrected chi connectivity index (χ4v) is 5.55. The lowest BCUT2D eigenvalue weighted by Gasteiger charge is -2.29. The van der Waals surface area contributed by atoms with Crippen molar-refractivity contribution in [3.63, 3.8) is 0 Å². The maximum absolute atomic E-state index is 13.0. The van der Waals surface area contributed by atoms with Crippen molar-refractivity contribution in [2.24, 2.45) is 0 Å². The van der Waals surface area contributed by atoms with Crippen LogP contribution in [0.3, 0.4) is 0 Å². The predicted molar refractivity (Wildman–Crippen MR) is 137 cm³/mol. The normalized spacial score (nSPS) is 12.5. The third kappa shape index (κ3) is 6.42. The molecule has 3 rings (SSSR count). The van der Waals surface area contributed by atoms with Crippen molar-refractivity contribution in [1.82, 2.24) is 9.97 Å². The maximum Gasteiger partial charge on any atom is 0.264 e. The number of hydrogen-bond acceptors (Lipinski definition) is 8. The maximum atomic E-state index is 13.0. The van der Waals surface area contributed by atoms with Crippen molar-refractivity contribution >= 4 is 54.9 Å². The molecule has 2 N–H and O–H groups in total. The summed E-state index contributed by atoms with van der Waals surface area (Å²) in [6.45, 7) is 3.10. The van der Waals surface area contributed by atoms with Gasteiger partial charge in [-0.1, -0.05) is 11.6 Å². The summed E-state index contributed by atoms with van der Waals surface area (Å²) in [5, 5.41) is 2.85. The van der Waals surface area contributed by atoms with Gasteiger partial charge in [0.25, 0.3) is 10.0 Å². The number of sulfonamides is 2. The molecule has 14 heteroatoms. The number of aryl methyl sites for hydroxylation is 1. The van der Waals surface area contributed by atoms with Crippen LogP contribution in [0.15, 0.2) is 59.6 Å². The summed E-state index contributed by atoms with van der Waals surface area (Å²) in [4.78, 5) is 20.8. The number of rotatable bonds is 9. The average Bonchev–Trinajstić information content (AvgIpc) is 2.78. The zero-order valence-electron chi connectivity index (χ0n) is 19.8. The highest BCUT2D eigenvalue weighted by atomic mass is 35.5. The van der Waals surface area contributed by atoms with Gasteiger partial charge in [-0.05, 0) is 62.4 Å². The van der Waals surface area contributed by atoms with E-state index in [9.17, 15) is 21.6 Å². The van der Waals surface area contributed by atoms with E-state index >= 15 is 0 Å². The summed E-state index contributed by atoms with van der Waals surface area (Å²) in [5.41, 5.74) is 0.943. The summed E-state index contributed by atoms with van der Waals surface area (Å²) in [5.74, 6) is -0.521. The number of hydrogen-bond donors (Lipinski definition) is 2. The fourth-order valence-electron chi connectivity index (χ4n) is 3.26.